The molecule has 0 unspecified atom stereocenters. The first-order chi connectivity index (χ1) is 13.4. The van der Waals surface area contributed by atoms with Crippen molar-refractivity contribution in [3.63, 3.8) is 0 Å². The Kier molecular flexibility index (Phi) is 6.04. The van der Waals surface area contributed by atoms with Crippen LogP contribution in [-0.2, 0) is 4.79 Å². The van der Waals surface area contributed by atoms with Gasteiger partial charge in [-0.15, -0.1) is 0 Å². The van der Waals surface area contributed by atoms with Crippen molar-refractivity contribution in [2.75, 3.05) is 12.9 Å². The highest BCUT2D eigenvalue weighted by atomic mass is 32.2. The molecule has 0 spiro atoms. The van der Waals surface area contributed by atoms with Crippen LogP contribution in [0.2, 0.25) is 0 Å². The Labute approximate surface area is 167 Å². The number of amides is 1. The fourth-order valence-corrected chi connectivity index (χ4v) is 3.71. The van der Waals surface area contributed by atoms with Crippen LogP contribution in [0.15, 0.2) is 52.4 Å². The molecule has 28 heavy (non-hydrogen) atoms. The molecule has 1 N–H and O–H groups in total. The minimum Gasteiger partial charge on any atom is -0.495 e. The summed E-state index contributed by atoms with van der Waals surface area (Å²) in [5.41, 5.74) is 2.00. The summed E-state index contributed by atoms with van der Waals surface area (Å²) in [6, 6.07) is 12.9. The van der Waals surface area contributed by atoms with Crippen molar-refractivity contribution < 1.29 is 9.53 Å². The van der Waals surface area contributed by atoms with Crippen molar-refractivity contribution in [2.45, 2.75) is 32.0 Å². The minimum atomic E-state index is -0.193. The van der Waals surface area contributed by atoms with E-state index in [9.17, 15) is 9.59 Å². The average molecular weight is 398 g/mol. The van der Waals surface area contributed by atoms with Gasteiger partial charge in [0.15, 0.2) is 5.16 Å². The molecular formula is C21H23N3O3S. The molecule has 0 radical (unpaired) electrons. The molecule has 0 fully saturated rings. The molecule has 0 bridgehead atoms. The highest BCUT2D eigenvalue weighted by molar-refractivity contribution is 7.99. The number of nitrogens with zero attached hydrogens (tertiary/aromatic N) is 2. The van der Waals surface area contributed by atoms with Crippen molar-refractivity contribution in [2.24, 2.45) is 0 Å². The lowest BCUT2D eigenvalue weighted by Crippen LogP contribution is -2.32. The number of thioether (sulfide) groups is 1. The van der Waals surface area contributed by atoms with Crippen LogP contribution >= 0.6 is 11.8 Å². The first-order valence-corrected chi connectivity index (χ1v) is 9.98. The van der Waals surface area contributed by atoms with Crippen LogP contribution in [0.3, 0.4) is 0 Å². The van der Waals surface area contributed by atoms with Crippen LogP contribution in [0, 0.1) is 6.92 Å². The van der Waals surface area contributed by atoms with Gasteiger partial charge in [0.2, 0.25) is 5.91 Å². The number of carbonyl (C=O) groups is 1. The molecule has 2 aromatic carbocycles. The van der Waals surface area contributed by atoms with Crippen LogP contribution in [0.4, 0.5) is 0 Å². The third-order valence-corrected chi connectivity index (χ3v) is 5.04. The summed E-state index contributed by atoms with van der Waals surface area (Å²) in [4.78, 5) is 30.1. The van der Waals surface area contributed by atoms with Crippen LogP contribution in [0.25, 0.3) is 16.6 Å². The Bertz CT molecular complexity index is 1080. The number of ether oxygens (including phenoxy) is 1. The Balaban J connectivity index is 2.17. The Morgan fingerprint density at radius 1 is 1.25 bits per heavy atom. The van der Waals surface area contributed by atoms with Crippen molar-refractivity contribution in [1.29, 1.82) is 0 Å². The SMILES string of the molecule is COc1ccc(C)cc1-n1c(SCC(=O)NC(C)C)nc2ccccc2c1=O. The number of carbonyl (C=O) groups excluding carboxylic acids is 1. The molecule has 0 saturated carbocycles. The van der Waals surface area contributed by atoms with Crippen molar-refractivity contribution in [1.82, 2.24) is 14.9 Å². The summed E-state index contributed by atoms with van der Waals surface area (Å²) in [5.74, 6) is 0.625. The fourth-order valence-electron chi connectivity index (χ4n) is 2.89. The summed E-state index contributed by atoms with van der Waals surface area (Å²) < 4.78 is 7.01. The molecule has 1 heterocycles. The second kappa shape index (κ2) is 8.48. The average Bonchev–Trinajstić information content (AvgIpc) is 2.66. The normalized spacial score (nSPS) is 11.0. The summed E-state index contributed by atoms with van der Waals surface area (Å²) in [7, 11) is 1.57. The van der Waals surface area contributed by atoms with Crippen LogP contribution in [0.1, 0.15) is 19.4 Å². The van der Waals surface area contributed by atoms with Crippen molar-refractivity contribution >= 4 is 28.6 Å². The molecule has 3 rings (SSSR count). The molecule has 0 aliphatic heterocycles. The van der Waals surface area contributed by atoms with Gasteiger partial charge in [0, 0.05) is 6.04 Å². The largest absolute Gasteiger partial charge is 0.495 e. The van der Waals surface area contributed by atoms with E-state index in [1.165, 1.54) is 16.3 Å². The topological polar surface area (TPSA) is 73.2 Å². The van der Waals surface area contributed by atoms with Gasteiger partial charge in [-0.25, -0.2) is 4.98 Å². The van der Waals surface area contributed by atoms with E-state index in [1.807, 2.05) is 51.1 Å². The first kappa shape index (κ1) is 19.9. The lowest BCUT2D eigenvalue weighted by molar-refractivity contribution is -0.119. The molecule has 1 aromatic heterocycles. The summed E-state index contributed by atoms with van der Waals surface area (Å²) in [5, 5.41) is 3.82. The third-order valence-electron chi connectivity index (χ3n) is 4.10. The van der Waals surface area contributed by atoms with Gasteiger partial charge >= 0.3 is 0 Å². The molecule has 1 amide bonds. The maximum Gasteiger partial charge on any atom is 0.266 e. The lowest BCUT2D eigenvalue weighted by atomic mass is 10.2. The zero-order valence-corrected chi connectivity index (χ0v) is 17.2. The van der Waals surface area contributed by atoms with Gasteiger partial charge in [-0.1, -0.05) is 30.0 Å². The van der Waals surface area contributed by atoms with E-state index >= 15 is 0 Å². The number of para-hydroxylation sites is 1. The van der Waals surface area contributed by atoms with Gasteiger partial charge in [0.25, 0.3) is 5.56 Å². The van der Waals surface area contributed by atoms with E-state index in [0.717, 1.165) is 5.56 Å². The summed E-state index contributed by atoms with van der Waals surface area (Å²) in [6.45, 7) is 5.76. The molecule has 3 aromatic rings. The molecular weight excluding hydrogens is 374 g/mol. The second-order valence-corrected chi connectivity index (χ2v) is 7.68. The Hall–Kier alpha value is -2.80. The number of rotatable bonds is 6. The van der Waals surface area contributed by atoms with E-state index in [-0.39, 0.29) is 23.3 Å². The number of aryl methyl sites for hydroxylation is 1. The zero-order chi connectivity index (χ0) is 20.3. The quantitative estimate of drug-likeness (QED) is 0.510. The van der Waals surface area contributed by atoms with Gasteiger partial charge in [-0.3, -0.25) is 14.2 Å². The van der Waals surface area contributed by atoms with Crippen molar-refractivity contribution in [3.8, 4) is 11.4 Å². The monoisotopic (exact) mass is 397 g/mol. The Morgan fingerprint density at radius 2 is 2.00 bits per heavy atom. The van der Waals surface area contributed by atoms with Gasteiger partial charge in [0.1, 0.15) is 5.75 Å². The van der Waals surface area contributed by atoms with E-state index in [2.05, 4.69) is 10.3 Å². The summed E-state index contributed by atoms with van der Waals surface area (Å²) >= 11 is 1.23. The molecule has 7 heteroatoms. The maximum absolute atomic E-state index is 13.3. The van der Waals surface area contributed by atoms with Crippen LogP contribution in [0.5, 0.6) is 5.75 Å². The standard InChI is InChI=1S/C21H23N3O3S/c1-13(2)22-19(25)12-28-21-23-16-8-6-5-7-15(16)20(26)24(21)17-11-14(3)9-10-18(17)27-4/h5-11,13H,12H2,1-4H3,(H,22,25). The predicted octanol–water partition coefficient (Wildman–Crippen LogP) is 3.32. The number of benzene rings is 2. The highest BCUT2D eigenvalue weighted by Crippen LogP contribution is 2.28. The number of hydrogen-bond acceptors (Lipinski definition) is 5. The fraction of sp³-hybridized carbons (Fsp3) is 0.286. The molecule has 0 aliphatic rings. The number of nitrogens with one attached hydrogen (secondary N) is 1. The molecule has 0 saturated heterocycles. The molecule has 146 valence electrons. The van der Waals surface area contributed by atoms with E-state index in [1.54, 1.807) is 19.2 Å². The lowest BCUT2D eigenvalue weighted by Gasteiger charge is -2.16. The van der Waals surface area contributed by atoms with E-state index in [4.69, 9.17) is 4.74 Å². The maximum atomic E-state index is 13.3. The van der Waals surface area contributed by atoms with Gasteiger partial charge in [-0.2, -0.15) is 0 Å². The predicted molar refractivity (Wildman–Crippen MR) is 113 cm³/mol. The first-order valence-electron chi connectivity index (χ1n) is 8.99. The third kappa shape index (κ3) is 4.20. The highest BCUT2D eigenvalue weighted by Gasteiger charge is 2.18. The van der Waals surface area contributed by atoms with Crippen LogP contribution in [-0.4, -0.2) is 34.4 Å². The van der Waals surface area contributed by atoms with Gasteiger partial charge in [0.05, 0.1) is 29.5 Å². The zero-order valence-electron chi connectivity index (χ0n) is 16.4. The number of methoxy groups -OCH3 is 1. The number of aromatic nitrogens is 2. The summed E-state index contributed by atoms with van der Waals surface area (Å²) in [6.07, 6.45) is 0. The van der Waals surface area contributed by atoms with E-state index < -0.39 is 0 Å². The number of hydrogen-bond donors (Lipinski definition) is 1. The van der Waals surface area contributed by atoms with Gasteiger partial charge < -0.3 is 10.1 Å². The molecule has 6 nitrogen and oxygen atoms in total. The number of fused-ring (bicyclic) bond motifs is 1. The van der Waals surface area contributed by atoms with Crippen molar-refractivity contribution in [3.05, 3.63) is 58.4 Å². The van der Waals surface area contributed by atoms with Crippen LogP contribution < -0.4 is 15.6 Å². The second-order valence-electron chi connectivity index (χ2n) is 6.74. The van der Waals surface area contributed by atoms with E-state index in [0.29, 0.717) is 27.5 Å². The van der Waals surface area contributed by atoms with Gasteiger partial charge in [-0.05, 0) is 50.6 Å². The molecule has 0 atom stereocenters. The molecule has 0 aliphatic carbocycles. The Morgan fingerprint density at radius 3 is 2.71 bits per heavy atom. The smallest absolute Gasteiger partial charge is 0.266 e. The minimum absolute atomic E-state index is 0.0525.